The summed E-state index contributed by atoms with van der Waals surface area (Å²) in [5, 5.41) is 0. The number of aryl methyl sites for hydroxylation is 1. The second-order valence-corrected chi connectivity index (χ2v) is 3.71. The molecular weight excluding hydrogens is 174 g/mol. The van der Waals surface area contributed by atoms with Gasteiger partial charge in [-0.05, 0) is 19.9 Å². The fraction of sp³-hybridized carbons (Fsp3) is 0.455. The summed E-state index contributed by atoms with van der Waals surface area (Å²) >= 11 is 0. The van der Waals surface area contributed by atoms with Gasteiger partial charge in [0.05, 0.1) is 11.7 Å². The van der Waals surface area contributed by atoms with Gasteiger partial charge in [-0.1, -0.05) is 6.92 Å². The lowest BCUT2D eigenvalue weighted by Gasteiger charge is -2.11. The highest BCUT2D eigenvalue weighted by atomic mass is 15.1. The van der Waals surface area contributed by atoms with Gasteiger partial charge in [-0.2, -0.15) is 0 Å². The first kappa shape index (κ1) is 9.19. The molecule has 0 aliphatic rings. The van der Waals surface area contributed by atoms with Gasteiger partial charge in [-0.25, -0.2) is 4.98 Å². The van der Waals surface area contributed by atoms with Crippen LogP contribution in [-0.2, 0) is 6.42 Å². The first-order chi connectivity index (χ1) is 6.74. The second kappa shape index (κ2) is 3.40. The first-order valence-corrected chi connectivity index (χ1v) is 5.05. The SMILES string of the molecule is CCc1nc2cnccc2n1C(C)C. The number of fused-ring (bicyclic) bond motifs is 1. The van der Waals surface area contributed by atoms with Crippen molar-refractivity contribution in [2.24, 2.45) is 0 Å². The molecule has 0 N–H and O–H groups in total. The monoisotopic (exact) mass is 189 g/mol. The Morgan fingerprint density at radius 2 is 2.21 bits per heavy atom. The molecule has 0 bridgehead atoms. The molecule has 0 saturated carbocycles. The third-order valence-corrected chi connectivity index (χ3v) is 2.40. The van der Waals surface area contributed by atoms with E-state index in [4.69, 9.17) is 0 Å². The van der Waals surface area contributed by atoms with Gasteiger partial charge in [-0.15, -0.1) is 0 Å². The molecule has 14 heavy (non-hydrogen) atoms. The lowest BCUT2D eigenvalue weighted by atomic mass is 10.3. The number of hydrogen-bond acceptors (Lipinski definition) is 2. The molecule has 0 spiro atoms. The van der Waals surface area contributed by atoms with Crippen LogP contribution in [0.2, 0.25) is 0 Å². The number of hydrogen-bond donors (Lipinski definition) is 0. The minimum absolute atomic E-state index is 0.456. The maximum Gasteiger partial charge on any atom is 0.109 e. The van der Waals surface area contributed by atoms with Crippen molar-refractivity contribution in [2.45, 2.75) is 33.2 Å². The topological polar surface area (TPSA) is 30.7 Å². The van der Waals surface area contributed by atoms with E-state index in [0.29, 0.717) is 6.04 Å². The smallest absolute Gasteiger partial charge is 0.109 e. The Morgan fingerprint density at radius 3 is 2.86 bits per heavy atom. The molecular formula is C11H15N3. The van der Waals surface area contributed by atoms with E-state index in [1.54, 1.807) is 0 Å². The highest BCUT2D eigenvalue weighted by Gasteiger charge is 2.10. The Morgan fingerprint density at radius 1 is 1.43 bits per heavy atom. The van der Waals surface area contributed by atoms with Crippen LogP contribution in [0.25, 0.3) is 11.0 Å². The molecule has 3 heteroatoms. The fourth-order valence-electron chi connectivity index (χ4n) is 1.83. The molecule has 0 aromatic carbocycles. The van der Waals surface area contributed by atoms with Crippen molar-refractivity contribution in [3.63, 3.8) is 0 Å². The third kappa shape index (κ3) is 1.29. The molecule has 0 atom stereocenters. The van der Waals surface area contributed by atoms with Crippen LogP contribution in [0.5, 0.6) is 0 Å². The molecule has 0 aliphatic carbocycles. The largest absolute Gasteiger partial charge is 0.325 e. The van der Waals surface area contributed by atoms with E-state index >= 15 is 0 Å². The Bertz CT molecular complexity index is 443. The van der Waals surface area contributed by atoms with Crippen LogP contribution < -0.4 is 0 Å². The van der Waals surface area contributed by atoms with E-state index in [1.165, 1.54) is 5.52 Å². The van der Waals surface area contributed by atoms with E-state index in [-0.39, 0.29) is 0 Å². The highest BCUT2D eigenvalue weighted by molar-refractivity contribution is 5.74. The van der Waals surface area contributed by atoms with Crippen LogP contribution in [0.1, 0.15) is 32.6 Å². The summed E-state index contributed by atoms with van der Waals surface area (Å²) < 4.78 is 2.27. The Labute approximate surface area is 83.8 Å². The van der Waals surface area contributed by atoms with Crippen LogP contribution in [0.4, 0.5) is 0 Å². The van der Waals surface area contributed by atoms with Crippen LogP contribution in [0, 0.1) is 0 Å². The molecule has 2 aromatic rings. The van der Waals surface area contributed by atoms with Gasteiger partial charge in [-0.3, -0.25) is 4.98 Å². The molecule has 0 saturated heterocycles. The average Bonchev–Trinajstić information content (AvgIpc) is 2.55. The van der Waals surface area contributed by atoms with Crippen molar-refractivity contribution in [2.75, 3.05) is 0 Å². The third-order valence-electron chi connectivity index (χ3n) is 2.40. The summed E-state index contributed by atoms with van der Waals surface area (Å²) in [6, 6.07) is 2.49. The van der Waals surface area contributed by atoms with Gasteiger partial charge < -0.3 is 4.57 Å². The second-order valence-electron chi connectivity index (χ2n) is 3.71. The maximum absolute atomic E-state index is 4.55. The van der Waals surface area contributed by atoms with Gasteiger partial charge in [0.25, 0.3) is 0 Å². The van der Waals surface area contributed by atoms with Gasteiger partial charge >= 0.3 is 0 Å². The zero-order valence-corrected chi connectivity index (χ0v) is 8.86. The summed E-state index contributed by atoms with van der Waals surface area (Å²) in [4.78, 5) is 8.64. The fourth-order valence-corrected chi connectivity index (χ4v) is 1.83. The Hall–Kier alpha value is -1.38. The van der Waals surface area contributed by atoms with Crippen molar-refractivity contribution >= 4 is 11.0 Å². The number of rotatable bonds is 2. The molecule has 74 valence electrons. The first-order valence-electron chi connectivity index (χ1n) is 5.05. The van der Waals surface area contributed by atoms with Crippen LogP contribution in [0.15, 0.2) is 18.5 Å². The average molecular weight is 189 g/mol. The molecule has 0 aliphatic heterocycles. The zero-order valence-electron chi connectivity index (χ0n) is 8.86. The quantitative estimate of drug-likeness (QED) is 0.727. The summed E-state index contributed by atoms with van der Waals surface area (Å²) in [5.41, 5.74) is 2.19. The van der Waals surface area contributed by atoms with Gasteiger partial charge in [0.15, 0.2) is 0 Å². The standard InChI is InChI=1S/C11H15N3/c1-4-11-13-9-7-12-6-5-10(9)14(11)8(2)3/h5-8H,4H2,1-3H3. The molecule has 0 radical (unpaired) electrons. The molecule has 2 heterocycles. The predicted molar refractivity (Wildman–Crippen MR) is 57.3 cm³/mol. The van der Waals surface area contributed by atoms with E-state index in [0.717, 1.165) is 17.8 Å². The van der Waals surface area contributed by atoms with Gasteiger partial charge in [0.2, 0.25) is 0 Å². The van der Waals surface area contributed by atoms with Gasteiger partial charge in [0, 0.05) is 18.7 Å². The van der Waals surface area contributed by atoms with E-state index in [1.807, 2.05) is 18.5 Å². The normalized spacial score (nSPS) is 11.4. The molecule has 2 rings (SSSR count). The zero-order chi connectivity index (χ0) is 10.1. The maximum atomic E-state index is 4.55. The highest BCUT2D eigenvalue weighted by Crippen LogP contribution is 2.20. The van der Waals surface area contributed by atoms with Crippen molar-refractivity contribution in [1.29, 1.82) is 0 Å². The van der Waals surface area contributed by atoms with Crippen LogP contribution >= 0.6 is 0 Å². The van der Waals surface area contributed by atoms with Gasteiger partial charge in [0.1, 0.15) is 11.3 Å². The summed E-state index contributed by atoms with van der Waals surface area (Å²) in [6.07, 6.45) is 4.61. The molecule has 0 amide bonds. The summed E-state index contributed by atoms with van der Waals surface area (Å²) in [6.45, 7) is 6.49. The van der Waals surface area contributed by atoms with Crippen molar-refractivity contribution in [3.8, 4) is 0 Å². The van der Waals surface area contributed by atoms with Crippen molar-refractivity contribution in [3.05, 3.63) is 24.3 Å². The van der Waals surface area contributed by atoms with E-state index < -0.39 is 0 Å². The molecule has 3 nitrogen and oxygen atoms in total. The van der Waals surface area contributed by atoms with Crippen LogP contribution in [-0.4, -0.2) is 14.5 Å². The van der Waals surface area contributed by atoms with Crippen molar-refractivity contribution < 1.29 is 0 Å². The number of pyridine rings is 1. The summed E-state index contributed by atoms with van der Waals surface area (Å²) in [7, 11) is 0. The Balaban J connectivity index is 2.74. The number of aromatic nitrogens is 3. The van der Waals surface area contributed by atoms with Crippen LogP contribution in [0.3, 0.4) is 0 Å². The lowest BCUT2D eigenvalue weighted by molar-refractivity contribution is 0.588. The van der Waals surface area contributed by atoms with E-state index in [2.05, 4.69) is 35.3 Å². The Kier molecular flexibility index (Phi) is 2.23. The molecule has 2 aromatic heterocycles. The van der Waals surface area contributed by atoms with E-state index in [9.17, 15) is 0 Å². The lowest BCUT2D eigenvalue weighted by Crippen LogP contribution is -2.05. The molecule has 0 unspecified atom stereocenters. The minimum Gasteiger partial charge on any atom is -0.325 e. The minimum atomic E-state index is 0.456. The summed E-state index contributed by atoms with van der Waals surface area (Å²) in [5.74, 6) is 1.14. The number of nitrogens with zero attached hydrogens (tertiary/aromatic N) is 3. The molecule has 0 fully saturated rings. The number of imidazole rings is 1. The van der Waals surface area contributed by atoms with Crippen molar-refractivity contribution in [1.82, 2.24) is 14.5 Å². The predicted octanol–water partition coefficient (Wildman–Crippen LogP) is 2.57.